The van der Waals surface area contributed by atoms with Crippen LogP contribution in [0, 0.1) is 0 Å². The van der Waals surface area contributed by atoms with Crippen LogP contribution in [-0.4, -0.2) is 46.3 Å². The molecule has 2 heterocycles. The number of aromatic hydroxyl groups is 1. The Morgan fingerprint density at radius 2 is 1.86 bits per heavy atom. The molecule has 2 aromatic rings. The second-order valence-corrected chi connectivity index (χ2v) is 5.24. The van der Waals surface area contributed by atoms with Crippen LogP contribution in [0.2, 0.25) is 0 Å². The Hall–Kier alpha value is -2.08. The van der Waals surface area contributed by atoms with E-state index >= 15 is 0 Å². The number of phenols is 1. The first-order valence-corrected chi connectivity index (χ1v) is 7.32. The average Bonchev–Trinajstić information content (AvgIpc) is 2.97. The van der Waals surface area contributed by atoms with Crippen molar-refractivity contribution in [1.29, 1.82) is 0 Å². The summed E-state index contributed by atoms with van der Waals surface area (Å²) in [5, 5.41) is 13.3. The predicted octanol–water partition coefficient (Wildman–Crippen LogP) is 1.66. The van der Waals surface area contributed by atoms with Crippen LogP contribution in [0.1, 0.15) is 18.6 Å². The molecule has 6 heteroatoms. The number of hydrogen-bond donors (Lipinski definition) is 1. The number of rotatable bonds is 4. The second-order valence-electron chi connectivity index (χ2n) is 5.24. The van der Waals surface area contributed by atoms with Crippen LogP contribution < -0.4 is 4.90 Å². The maximum absolute atomic E-state index is 9.33. The van der Waals surface area contributed by atoms with Crippen molar-refractivity contribution in [2.24, 2.45) is 0 Å². The fourth-order valence-corrected chi connectivity index (χ4v) is 2.52. The van der Waals surface area contributed by atoms with Gasteiger partial charge in [-0.25, -0.2) is 0 Å². The van der Waals surface area contributed by atoms with Crippen molar-refractivity contribution in [2.75, 3.05) is 31.1 Å². The highest BCUT2D eigenvalue weighted by Crippen LogP contribution is 2.20. The number of benzene rings is 1. The molecule has 21 heavy (non-hydrogen) atoms. The highest BCUT2D eigenvalue weighted by atomic mass is 16.5. The molecule has 0 spiro atoms. The third-order valence-corrected chi connectivity index (χ3v) is 3.77. The standard InChI is InChI=1S/C15H20N4O2/c1-2-14-16-15(21-17-14)11-18-7-9-19(10-8-18)12-3-5-13(20)6-4-12/h3-6,20H,2,7-11H2,1H3. The zero-order chi connectivity index (χ0) is 14.7. The number of piperazine rings is 1. The maximum atomic E-state index is 9.33. The van der Waals surface area contributed by atoms with Crippen LogP contribution >= 0.6 is 0 Å². The van der Waals surface area contributed by atoms with Crippen LogP contribution in [0.5, 0.6) is 5.75 Å². The molecule has 6 nitrogen and oxygen atoms in total. The number of nitrogens with zero attached hydrogens (tertiary/aromatic N) is 4. The van der Waals surface area contributed by atoms with Gasteiger partial charge in [0.1, 0.15) is 5.75 Å². The van der Waals surface area contributed by atoms with Crippen molar-refractivity contribution in [3.05, 3.63) is 36.0 Å². The Morgan fingerprint density at radius 3 is 2.48 bits per heavy atom. The Kier molecular flexibility index (Phi) is 4.06. The van der Waals surface area contributed by atoms with Gasteiger partial charge in [-0.05, 0) is 24.3 Å². The van der Waals surface area contributed by atoms with Gasteiger partial charge >= 0.3 is 0 Å². The number of aromatic nitrogens is 2. The van der Waals surface area contributed by atoms with Crippen molar-refractivity contribution in [3.63, 3.8) is 0 Å². The first kappa shape index (κ1) is 13.9. The van der Waals surface area contributed by atoms with Gasteiger partial charge in [0.25, 0.3) is 0 Å². The zero-order valence-corrected chi connectivity index (χ0v) is 12.2. The molecule has 0 radical (unpaired) electrons. The van der Waals surface area contributed by atoms with E-state index in [9.17, 15) is 5.11 Å². The van der Waals surface area contributed by atoms with Gasteiger partial charge in [-0.3, -0.25) is 4.90 Å². The normalized spacial score (nSPS) is 16.3. The van der Waals surface area contributed by atoms with E-state index < -0.39 is 0 Å². The summed E-state index contributed by atoms with van der Waals surface area (Å²) in [4.78, 5) is 8.99. The third kappa shape index (κ3) is 3.33. The molecule has 0 unspecified atom stereocenters. The summed E-state index contributed by atoms with van der Waals surface area (Å²) in [6, 6.07) is 7.37. The maximum Gasteiger partial charge on any atom is 0.240 e. The molecule has 1 aromatic heterocycles. The van der Waals surface area contributed by atoms with E-state index in [1.165, 1.54) is 0 Å². The fraction of sp³-hybridized carbons (Fsp3) is 0.467. The molecule has 0 atom stereocenters. The van der Waals surface area contributed by atoms with Crippen LogP contribution in [0.25, 0.3) is 0 Å². The summed E-state index contributed by atoms with van der Waals surface area (Å²) < 4.78 is 5.24. The van der Waals surface area contributed by atoms with E-state index in [-0.39, 0.29) is 0 Å². The van der Waals surface area contributed by atoms with Gasteiger partial charge in [0.05, 0.1) is 6.54 Å². The van der Waals surface area contributed by atoms with E-state index in [1.54, 1.807) is 12.1 Å². The van der Waals surface area contributed by atoms with Crippen LogP contribution in [0.4, 0.5) is 5.69 Å². The van der Waals surface area contributed by atoms with Gasteiger partial charge in [-0.15, -0.1) is 0 Å². The van der Waals surface area contributed by atoms with Crippen molar-refractivity contribution >= 4 is 5.69 Å². The topological polar surface area (TPSA) is 65.6 Å². The molecule has 3 rings (SSSR count). The molecule has 1 saturated heterocycles. The van der Waals surface area contributed by atoms with Crippen molar-refractivity contribution < 1.29 is 9.63 Å². The van der Waals surface area contributed by atoms with Gasteiger partial charge in [0.2, 0.25) is 5.89 Å². The summed E-state index contributed by atoms with van der Waals surface area (Å²) in [5.74, 6) is 1.78. The first-order chi connectivity index (χ1) is 10.2. The number of aryl methyl sites for hydroxylation is 1. The lowest BCUT2D eigenvalue weighted by molar-refractivity contribution is 0.215. The minimum absolute atomic E-state index is 0.306. The minimum Gasteiger partial charge on any atom is -0.508 e. The summed E-state index contributed by atoms with van der Waals surface area (Å²) in [6.07, 6.45) is 0.804. The van der Waals surface area contributed by atoms with Crippen LogP contribution in [0.15, 0.2) is 28.8 Å². The van der Waals surface area contributed by atoms with E-state index in [0.717, 1.165) is 50.7 Å². The average molecular weight is 288 g/mol. The Balaban J connectivity index is 1.54. The first-order valence-electron chi connectivity index (χ1n) is 7.32. The van der Waals surface area contributed by atoms with Crippen molar-refractivity contribution in [2.45, 2.75) is 19.9 Å². The second kappa shape index (κ2) is 6.13. The molecule has 1 fully saturated rings. The molecular formula is C15H20N4O2. The Morgan fingerprint density at radius 1 is 1.14 bits per heavy atom. The van der Waals surface area contributed by atoms with E-state index in [4.69, 9.17) is 4.52 Å². The number of hydrogen-bond acceptors (Lipinski definition) is 6. The fourth-order valence-electron chi connectivity index (χ4n) is 2.52. The molecule has 1 aromatic carbocycles. The van der Waals surface area contributed by atoms with Gasteiger partial charge in [0, 0.05) is 38.3 Å². The molecule has 0 saturated carbocycles. The zero-order valence-electron chi connectivity index (χ0n) is 12.2. The summed E-state index contributed by atoms with van der Waals surface area (Å²) >= 11 is 0. The van der Waals surface area contributed by atoms with E-state index in [0.29, 0.717) is 11.6 Å². The smallest absolute Gasteiger partial charge is 0.240 e. The SMILES string of the molecule is CCc1noc(CN2CCN(c3ccc(O)cc3)CC2)n1. The van der Waals surface area contributed by atoms with E-state index in [2.05, 4.69) is 19.9 Å². The number of phenolic OH excluding ortho intramolecular Hbond substituents is 1. The third-order valence-electron chi connectivity index (χ3n) is 3.77. The van der Waals surface area contributed by atoms with E-state index in [1.807, 2.05) is 19.1 Å². The van der Waals surface area contributed by atoms with Gasteiger partial charge in [-0.2, -0.15) is 4.98 Å². The summed E-state index contributed by atoms with van der Waals surface area (Å²) in [6.45, 7) is 6.58. The van der Waals surface area contributed by atoms with Gasteiger partial charge < -0.3 is 14.5 Å². The van der Waals surface area contributed by atoms with Crippen molar-refractivity contribution in [1.82, 2.24) is 15.0 Å². The Labute approximate surface area is 124 Å². The molecule has 0 amide bonds. The predicted molar refractivity (Wildman–Crippen MR) is 79.3 cm³/mol. The molecule has 112 valence electrons. The lowest BCUT2D eigenvalue weighted by atomic mass is 10.2. The molecule has 1 aliphatic heterocycles. The van der Waals surface area contributed by atoms with Gasteiger partial charge in [0.15, 0.2) is 5.82 Å². The minimum atomic E-state index is 0.306. The monoisotopic (exact) mass is 288 g/mol. The van der Waals surface area contributed by atoms with Gasteiger partial charge in [-0.1, -0.05) is 12.1 Å². The molecule has 1 aliphatic rings. The molecule has 1 N–H and O–H groups in total. The Bertz CT molecular complexity index is 574. The van der Waals surface area contributed by atoms with Crippen molar-refractivity contribution in [3.8, 4) is 5.75 Å². The highest BCUT2D eigenvalue weighted by molar-refractivity contribution is 5.49. The summed E-state index contributed by atoms with van der Waals surface area (Å²) in [7, 11) is 0. The van der Waals surface area contributed by atoms with Crippen LogP contribution in [-0.2, 0) is 13.0 Å². The molecule has 0 aliphatic carbocycles. The van der Waals surface area contributed by atoms with Crippen LogP contribution in [0.3, 0.4) is 0 Å². The number of anilines is 1. The molecule has 0 bridgehead atoms. The lowest BCUT2D eigenvalue weighted by Crippen LogP contribution is -2.46. The quantitative estimate of drug-likeness (QED) is 0.923. The summed E-state index contributed by atoms with van der Waals surface area (Å²) in [5.41, 5.74) is 1.15. The molecular weight excluding hydrogens is 268 g/mol. The largest absolute Gasteiger partial charge is 0.508 e. The highest BCUT2D eigenvalue weighted by Gasteiger charge is 2.19. The lowest BCUT2D eigenvalue weighted by Gasteiger charge is -2.35.